The molecule has 5 heteroatoms. The van der Waals surface area contributed by atoms with Gasteiger partial charge in [-0.3, -0.25) is 0 Å². The second kappa shape index (κ2) is 4.81. The first kappa shape index (κ1) is 12.4. The standard InChI is InChI=1S/C14H19N3O2/c1-9(2)13(18)11-5-6-17(7-11)8-12-15-14(19-16-12)10-3-4-10/h5-7,9-10,13,18H,3-4,8H2,1-2H3. The summed E-state index contributed by atoms with van der Waals surface area (Å²) >= 11 is 0. The molecule has 0 bridgehead atoms. The topological polar surface area (TPSA) is 64.1 Å². The molecule has 0 aromatic carbocycles. The molecule has 2 heterocycles. The monoisotopic (exact) mass is 261 g/mol. The van der Waals surface area contributed by atoms with E-state index < -0.39 is 6.10 Å². The highest BCUT2D eigenvalue weighted by Crippen LogP contribution is 2.38. The zero-order valence-electron chi connectivity index (χ0n) is 11.3. The molecule has 1 N–H and O–H groups in total. The molecule has 0 aliphatic heterocycles. The lowest BCUT2D eigenvalue weighted by Crippen LogP contribution is -2.04. The molecule has 1 fully saturated rings. The van der Waals surface area contributed by atoms with Gasteiger partial charge >= 0.3 is 0 Å². The molecular weight excluding hydrogens is 242 g/mol. The first-order chi connectivity index (χ1) is 9.13. The summed E-state index contributed by atoms with van der Waals surface area (Å²) in [4.78, 5) is 4.40. The van der Waals surface area contributed by atoms with Gasteiger partial charge in [0.15, 0.2) is 5.82 Å². The van der Waals surface area contributed by atoms with E-state index in [1.165, 1.54) is 0 Å². The summed E-state index contributed by atoms with van der Waals surface area (Å²) < 4.78 is 7.20. The second-order valence-corrected chi connectivity index (χ2v) is 5.63. The Labute approximate surface area is 112 Å². The predicted molar refractivity (Wildman–Crippen MR) is 69.6 cm³/mol. The lowest BCUT2D eigenvalue weighted by Gasteiger charge is -2.12. The number of aliphatic hydroxyl groups excluding tert-OH is 1. The SMILES string of the molecule is CC(C)C(O)c1ccn(Cc2noc(C3CC3)n2)c1. The first-order valence-corrected chi connectivity index (χ1v) is 6.79. The fourth-order valence-electron chi connectivity index (χ4n) is 2.11. The van der Waals surface area contributed by atoms with Crippen molar-refractivity contribution in [3.8, 4) is 0 Å². The van der Waals surface area contributed by atoms with Crippen LogP contribution in [0, 0.1) is 5.92 Å². The molecule has 2 aromatic heterocycles. The van der Waals surface area contributed by atoms with Gasteiger partial charge in [0.25, 0.3) is 0 Å². The molecule has 0 saturated heterocycles. The van der Waals surface area contributed by atoms with E-state index in [1.807, 2.05) is 36.9 Å². The van der Waals surface area contributed by atoms with E-state index in [0.29, 0.717) is 18.3 Å². The highest BCUT2D eigenvalue weighted by atomic mass is 16.5. The number of aromatic nitrogens is 3. The Morgan fingerprint density at radius 2 is 2.26 bits per heavy atom. The van der Waals surface area contributed by atoms with Gasteiger partial charge in [0.1, 0.15) is 0 Å². The van der Waals surface area contributed by atoms with Crippen LogP contribution in [0.5, 0.6) is 0 Å². The highest BCUT2D eigenvalue weighted by molar-refractivity contribution is 5.15. The van der Waals surface area contributed by atoms with Crippen LogP contribution in [0.25, 0.3) is 0 Å². The summed E-state index contributed by atoms with van der Waals surface area (Å²) in [6.45, 7) is 4.59. The summed E-state index contributed by atoms with van der Waals surface area (Å²) in [5.41, 5.74) is 0.931. The number of rotatable bonds is 5. The molecule has 0 radical (unpaired) electrons. The average molecular weight is 261 g/mol. The Bertz CT molecular complexity index is 555. The van der Waals surface area contributed by atoms with Gasteiger partial charge < -0.3 is 14.2 Å². The van der Waals surface area contributed by atoms with Gasteiger partial charge in [-0.05, 0) is 30.4 Å². The molecule has 0 spiro atoms. The van der Waals surface area contributed by atoms with Crippen LogP contribution >= 0.6 is 0 Å². The minimum atomic E-state index is -0.423. The van der Waals surface area contributed by atoms with E-state index in [9.17, 15) is 5.11 Å². The van der Waals surface area contributed by atoms with Crippen LogP contribution in [0.2, 0.25) is 0 Å². The Morgan fingerprint density at radius 1 is 1.47 bits per heavy atom. The Morgan fingerprint density at radius 3 is 2.95 bits per heavy atom. The van der Waals surface area contributed by atoms with Crippen LogP contribution in [-0.2, 0) is 6.54 Å². The van der Waals surface area contributed by atoms with Crippen molar-refractivity contribution in [1.29, 1.82) is 0 Å². The molecule has 5 nitrogen and oxygen atoms in total. The quantitative estimate of drug-likeness (QED) is 0.898. The molecule has 3 rings (SSSR count). The molecule has 1 atom stereocenters. The van der Waals surface area contributed by atoms with Crippen molar-refractivity contribution in [2.24, 2.45) is 5.92 Å². The van der Waals surface area contributed by atoms with Crippen molar-refractivity contribution in [2.45, 2.75) is 45.3 Å². The van der Waals surface area contributed by atoms with Gasteiger partial charge in [0.2, 0.25) is 5.89 Å². The van der Waals surface area contributed by atoms with Crippen LogP contribution in [0.15, 0.2) is 23.0 Å². The van der Waals surface area contributed by atoms with E-state index >= 15 is 0 Å². The van der Waals surface area contributed by atoms with Crippen molar-refractivity contribution < 1.29 is 9.63 Å². The molecule has 0 amide bonds. The van der Waals surface area contributed by atoms with Gasteiger partial charge in [-0.2, -0.15) is 4.98 Å². The van der Waals surface area contributed by atoms with Gasteiger partial charge in [-0.1, -0.05) is 19.0 Å². The molecule has 1 aliphatic carbocycles. The van der Waals surface area contributed by atoms with E-state index in [0.717, 1.165) is 24.3 Å². The number of nitrogens with zero attached hydrogens (tertiary/aromatic N) is 3. The highest BCUT2D eigenvalue weighted by Gasteiger charge is 2.29. The van der Waals surface area contributed by atoms with Crippen molar-refractivity contribution in [2.75, 3.05) is 0 Å². The predicted octanol–water partition coefficient (Wildman–Crippen LogP) is 2.49. The minimum Gasteiger partial charge on any atom is -0.388 e. The fourth-order valence-corrected chi connectivity index (χ4v) is 2.11. The molecule has 1 saturated carbocycles. The fraction of sp³-hybridized carbons (Fsp3) is 0.571. The number of aliphatic hydroxyl groups is 1. The normalized spacial score (nSPS) is 17.1. The van der Waals surface area contributed by atoms with Crippen LogP contribution in [0.3, 0.4) is 0 Å². The second-order valence-electron chi connectivity index (χ2n) is 5.63. The maximum absolute atomic E-state index is 10.00. The molecule has 1 aliphatic rings. The van der Waals surface area contributed by atoms with Gasteiger partial charge in [-0.15, -0.1) is 0 Å². The van der Waals surface area contributed by atoms with Crippen molar-refractivity contribution >= 4 is 0 Å². The summed E-state index contributed by atoms with van der Waals surface area (Å²) in [7, 11) is 0. The van der Waals surface area contributed by atoms with E-state index in [4.69, 9.17) is 4.52 Å². The Hall–Kier alpha value is -1.62. The minimum absolute atomic E-state index is 0.211. The summed E-state index contributed by atoms with van der Waals surface area (Å²) in [6.07, 6.45) is 5.78. The maximum Gasteiger partial charge on any atom is 0.229 e. The molecule has 1 unspecified atom stereocenters. The summed E-state index contributed by atoms with van der Waals surface area (Å²) in [5.74, 6) is 2.17. The maximum atomic E-state index is 10.00. The molecule has 102 valence electrons. The largest absolute Gasteiger partial charge is 0.388 e. The van der Waals surface area contributed by atoms with Crippen LogP contribution in [0.4, 0.5) is 0 Å². The third kappa shape index (κ3) is 2.71. The van der Waals surface area contributed by atoms with Gasteiger partial charge in [0.05, 0.1) is 12.6 Å². The molecular formula is C14H19N3O2. The van der Waals surface area contributed by atoms with Crippen molar-refractivity contribution in [3.05, 3.63) is 35.7 Å². The number of hydrogen-bond acceptors (Lipinski definition) is 4. The molecule has 2 aromatic rings. The summed E-state index contributed by atoms with van der Waals surface area (Å²) in [5, 5.41) is 14.0. The zero-order valence-corrected chi connectivity index (χ0v) is 11.3. The van der Waals surface area contributed by atoms with Crippen molar-refractivity contribution in [1.82, 2.24) is 14.7 Å². The van der Waals surface area contributed by atoms with Crippen LogP contribution in [-0.4, -0.2) is 19.8 Å². The lowest BCUT2D eigenvalue weighted by molar-refractivity contribution is 0.127. The third-order valence-electron chi connectivity index (χ3n) is 3.48. The summed E-state index contributed by atoms with van der Waals surface area (Å²) in [6, 6.07) is 1.94. The Balaban J connectivity index is 1.68. The van der Waals surface area contributed by atoms with E-state index in [2.05, 4.69) is 10.1 Å². The first-order valence-electron chi connectivity index (χ1n) is 6.79. The Kier molecular flexibility index (Phi) is 3.14. The average Bonchev–Trinajstić information content (AvgIpc) is 2.96. The van der Waals surface area contributed by atoms with E-state index in [-0.39, 0.29) is 5.92 Å². The van der Waals surface area contributed by atoms with Crippen molar-refractivity contribution in [3.63, 3.8) is 0 Å². The molecule has 19 heavy (non-hydrogen) atoms. The third-order valence-corrected chi connectivity index (χ3v) is 3.48. The van der Waals surface area contributed by atoms with Crippen LogP contribution < -0.4 is 0 Å². The van der Waals surface area contributed by atoms with E-state index in [1.54, 1.807) is 0 Å². The van der Waals surface area contributed by atoms with Gasteiger partial charge in [0, 0.05) is 18.3 Å². The lowest BCUT2D eigenvalue weighted by atomic mass is 10.0. The smallest absolute Gasteiger partial charge is 0.229 e. The van der Waals surface area contributed by atoms with Gasteiger partial charge in [-0.25, -0.2) is 0 Å². The zero-order chi connectivity index (χ0) is 13.4. The number of hydrogen-bond donors (Lipinski definition) is 1. The van der Waals surface area contributed by atoms with Crippen LogP contribution in [0.1, 0.15) is 56.0 Å².